The van der Waals surface area contributed by atoms with Crippen molar-refractivity contribution in [3.05, 3.63) is 36.5 Å². The van der Waals surface area contributed by atoms with E-state index in [1.54, 1.807) is 0 Å². The fourth-order valence-electron chi connectivity index (χ4n) is 8.01. The van der Waals surface area contributed by atoms with Gasteiger partial charge in [0.05, 0.1) is 6.61 Å². The number of ether oxygens (including phenoxy) is 3. The molecule has 0 aromatic heterocycles. The summed E-state index contributed by atoms with van der Waals surface area (Å²) in [5.74, 6) is -0.401. The van der Waals surface area contributed by atoms with Crippen molar-refractivity contribution in [2.75, 3.05) is 19.8 Å². The van der Waals surface area contributed by atoms with Crippen LogP contribution in [0, 0.1) is 0 Å². The summed E-state index contributed by atoms with van der Waals surface area (Å²) in [6.45, 7) is 7.82. The summed E-state index contributed by atoms with van der Waals surface area (Å²) in [7, 11) is 0. The summed E-state index contributed by atoms with van der Waals surface area (Å²) in [4.78, 5) is 25.4. The molecule has 0 rings (SSSR count). The zero-order chi connectivity index (χ0) is 44.9. The number of carbonyl (C=O) groups is 2. The number of unbranched alkanes of at least 4 members (excludes halogenated alkanes) is 34. The van der Waals surface area contributed by atoms with E-state index in [4.69, 9.17) is 14.2 Å². The van der Waals surface area contributed by atoms with E-state index < -0.39 is 6.10 Å². The van der Waals surface area contributed by atoms with Gasteiger partial charge in [-0.05, 0) is 77.0 Å². The molecule has 62 heavy (non-hydrogen) atoms. The normalized spacial score (nSPS) is 12.4. The van der Waals surface area contributed by atoms with Crippen molar-refractivity contribution in [1.29, 1.82) is 0 Å². The van der Waals surface area contributed by atoms with Crippen LogP contribution in [-0.2, 0) is 23.8 Å². The summed E-state index contributed by atoms with van der Waals surface area (Å²) < 4.78 is 17.4. The number of rotatable bonds is 51. The van der Waals surface area contributed by atoms with E-state index in [9.17, 15) is 9.59 Å². The molecule has 0 spiro atoms. The molecule has 0 radical (unpaired) electrons. The first-order valence-corrected chi connectivity index (χ1v) is 27.5. The first-order chi connectivity index (χ1) is 30.6. The number of carbonyl (C=O) groups excluding carboxylic acids is 2. The smallest absolute Gasteiger partial charge is 0.306 e. The predicted octanol–water partition coefficient (Wildman–Crippen LogP) is 18.6. The van der Waals surface area contributed by atoms with E-state index in [1.165, 1.54) is 199 Å². The average molecular weight is 871 g/mol. The van der Waals surface area contributed by atoms with Crippen molar-refractivity contribution in [2.45, 2.75) is 297 Å². The third kappa shape index (κ3) is 50.8. The molecule has 0 heterocycles. The van der Waals surface area contributed by atoms with Gasteiger partial charge in [0, 0.05) is 19.4 Å². The van der Waals surface area contributed by atoms with Crippen molar-refractivity contribution in [2.24, 2.45) is 0 Å². The third-order valence-corrected chi connectivity index (χ3v) is 12.1. The van der Waals surface area contributed by atoms with Crippen molar-refractivity contribution >= 4 is 11.9 Å². The van der Waals surface area contributed by atoms with Crippen LogP contribution >= 0.6 is 0 Å². The Bertz CT molecular complexity index is 986. The molecule has 0 bridgehead atoms. The van der Waals surface area contributed by atoms with Crippen molar-refractivity contribution < 1.29 is 23.8 Å². The Morgan fingerprint density at radius 3 is 1.13 bits per heavy atom. The van der Waals surface area contributed by atoms with Gasteiger partial charge in [0.15, 0.2) is 6.10 Å². The van der Waals surface area contributed by atoms with Gasteiger partial charge in [0.1, 0.15) is 6.61 Å². The Morgan fingerprint density at radius 2 is 0.677 bits per heavy atom. The van der Waals surface area contributed by atoms with E-state index in [2.05, 4.69) is 57.2 Å². The van der Waals surface area contributed by atoms with E-state index in [1.807, 2.05) is 0 Å². The minimum atomic E-state index is -0.539. The molecule has 0 aromatic carbocycles. The maximum absolute atomic E-state index is 12.8. The third-order valence-electron chi connectivity index (χ3n) is 12.1. The Labute approximate surface area is 387 Å². The van der Waals surface area contributed by atoms with Crippen molar-refractivity contribution in [3.8, 4) is 0 Å². The molecule has 5 heteroatoms. The highest BCUT2D eigenvalue weighted by molar-refractivity contribution is 5.70. The average Bonchev–Trinajstić information content (AvgIpc) is 3.27. The van der Waals surface area contributed by atoms with Gasteiger partial charge in [0.25, 0.3) is 0 Å². The molecule has 0 aliphatic carbocycles. The zero-order valence-corrected chi connectivity index (χ0v) is 41.9. The second-order valence-corrected chi connectivity index (χ2v) is 18.5. The largest absolute Gasteiger partial charge is 0.462 e. The van der Waals surface area contributed by atoms with Gasteiger partial charge in [-0.25, -0.2) is 0 Å². The lowest BCUT2D eigenvalue weighted by Crippen LogP contribution is -2.30. The standard InChI is InChI=1S/C57H106O5/c1-4-7-10-13-16-19-22-25-27-29-30-33-36-39-42-45-48-51-57(59)62-55(54-61-56(58)50-47-44-41-38-35-32-24-21-18-15-12-9-6-3)53-60-52-49-46-43-40-37-34-31-28-26-23-20-17-14-11-8-5-2/h16,19,21,24-25,27,55H,4-15,17-18,20,22-23,26,28-54H2,1-3H3/b19-16-,24-21-,27-25-/t55-/m1/s1. The van der Waals surface area contributed by atoms with E-state index in [0.29, 0.717) is 19.4 Å². The number of esters is 2. The van der Waals surface area contributed by atoms with Gasteiger partial charge in [-0.15, -0.1) is 0 Å². The second-order valence-electron chi connectivity index (χ2n) is 18.5. The van der Waals surface area contributed by atoms with Crippen molar-refractivity contribution in [1.82, 2.24) is 0 Å². The topological polar surface area (TPSA) is 61.8 Å². The summed E-state index contributed by atoms with van der Waals surface area (Å²) in [6, 6.07) is 0. The van der Waals surface area contributed by atoms with Gasteiger partial charge in [-0.1, -0.05) is 237 Å². The highest BCUT2D eigenvalue weighted by Gasteiger charge is 2.17. The van der Waals surface area contributed by atoms with Crippen LogP contribution < -0.4 is 0 Å². The van der Waals surface area contributed by atoms with Crippen LogP contribution in [0.2, 0.25) is 0 Å². The lowest BCUT2D eigenvalue weighted by Gasteiger charge is -2.18. The molecule has 0 N–H and O–H groups in total. The van der Waals surface area contributed by atoms with E-state index in [-0.39, 0.29) is 25.2 Å². The monoisotopic (exact) mass is 871 g/mol. The summed E-state index contributed by atoms with van der Waals surface area (Å²) >= 11 is 0. The molecule has 0 fully saturated rings. The second kappa shape index (κ2) is 53.5. The van der Waals surface area contributed by atoms with Crippen LogP contribution in [0.25, 0.3) is 0 Å². The predicted molar refractivity (Wildman–Crippen MR) is 270 cm³/mol. The maximum atomic E-state index is 12.8. The van der Waals surface area contributed by atoms with Crippen LogP contribution in [0.15, 0.2) is 36.5 Å². The Kier molecular flexibility index (Phi) is 51.8. The molecular formula is C57H106O5. The quantitative estimate of drug-likeness (QED) is 0.0346. The number of hydrogen-bond acceptors (Lipinski definition) is 5. The minimum Gasteiger partial charge on any atom is -0.462 e. The summed E-state index contributed by atoms with van der Waals surface area (Å²) in [5, 5.41) is 0. The molecule has 0 unspecified atom stereocenters. The first-order valence-electron chi connectivity index (χ1n) is 27.5. The van der Waals surface area contributed by atoms with Gasteiger partial charge in [-0.3, -0.25) is 9.59 Å². The van der Waals surface area contributed by atoms with Crippen LogP contribution in [0.5, 0.6) is 0 Å². The van der Waals surface area contributed by atoms with Gasteiger partial charge < -0.3 is 14.2 Å². The van der Waals surface area contributed by atoms with Crippen molar-refractivity contribution in [3.63, 3.8) is 0 Å². The van der Waals surface area contributed by atoms with Crippen LogP contribution in [-0.4, -0.2) is 37.9 Å². The Balaban J connectivity index is 4.25. The molecule has 5 nitrogen and oxygen atoms in total. The van der Waals surface area contributed by atoms with Crippen LogP contribution in [0.1, 0.15) is 290 Å². The molecule has 0 aliphatic rings. The fraction of sp³-hybridized carbons (Fsp3) is 0.860. The molecule has 0 saturated heterocycles. The number of allylic oxidation sites excluding steroid dienone is 6. The molecule has 0 aliphatic heterocycles. The van der Waals surface area contributed by atoms with Crippen LogP contribution in [0.4, 0.5) is 0 Å². The van der Waals surface area contributed by atoms with Gasteiger partial charge >= 0.3 is 11.9 Å². The SMILES string of the molecule is CCCCC/C=C\C/C=C\CCCCCCCCCC(=O)O[C@H](COCCCCCCCCCCCCCCCCCC)COC(=O)CCCCCCC/C=C\CCCCCC. The fourth-order valence-corrected chi connectivity index (χ4v) is 8.01. The Hall–Kier alpha value is -1.88. The minimum absolute atomic E-state index is 0.0826. The highest BCUT2D eigenvalue weighted by Crippen LogP contribution is 2.16. The van der Waals surface area contributed by atoms with E-state index in [0.717, 1.165) is 57.8 Å². The van der Waals surface area contributed by atoms with E-state index >= 15 is 0 Å². The first kappa shape index (κ1) is 60.1. The molecule has 0 aromatic rings. The summed E-state index contributed by atoms with van der Waals surface area (Å²) in [5.41, 5.74) is 0. The number of hydrogen-bond donors (Lipinski definition) is 0. The maximum Gasteiger partial charge on any atom is 0.306 e. The molecule has 0 amide bonds. The van der Waals surface area contributed by atoms with Gasteiger partial charge in [0.2, 0.25) is 0 Å². The van der Waals surface area contributed by atoms with Crippen LogP contribution in [0.3, 0.4) is 0 Å². The van der Waals surface area contributed by atoms with Gasteiger partial charge in [-0.2, -0.15) is 0 Å². The lowest BCUT2D eigenvalue weighted by molar-refractivity contribution is -0.163. The summed E-state index contributed by atoms with van der Waals surface area (Å²) in [6.07, 6.45) is 64.4. The Morgan fingerprint density at radius 1 is 0.355 bits per heavy atom. The molecule has 0 saturated carbocycles. The molecular weight excluding hydrogens is 765 g/mol. The molecule has 1 atom stereocenters. The highest BCUT2D eigenvalue weighted by atomic mass is 16.6. The zero-order valence-electron chi connectivity index (χ0n) is 41.9. The lowest BCUT2D eigenvalue weighted by atomic mass is 10.0. The molecule has 364 valence electrons.